The second-order valence-electron chi connectivity index (χ2n) is 5.20. The number of ether oxygens (including phenoxy) is 1. The van der Waals surface area contributed by atoms with Gasteiger partial charge in [0.25, 0.3) is 0 Å². The molecule has 0 saturated carbocycles. The summed E-state index contributed by atoms with van der Waals surface area (Å²) in [5.74, 6) is 0.466. The monoisotopic (exact) mass is 280 g/mol. The summed E-state index contributed by atoms with van der Waals surface area (Å²) < 4.78 is 5.79. The summed E-state index contributed by atoms with van der Waals surface area (Å²) in [6.07, 6.45) is 2.19. The summed E-state index contributed by atoms with van der Waals surface area (Å²) in [4.78, 5) is 15.7. The second kappa shape index (κ2) is 6.03. The van der Waals surface area contributed by atoms with Crippen LogP contribution in [0.4, 0.5) is 0 Å². The van der Waals surface area contributed by atoms with Crippen LogP contribution in [-0.2, 0) is 9.53 Å². The molecule has 0 radical (unpaired) electrons. The highest BCUT2D eigenvalue weighted by molar-refractivity contribution is 7.10. The van der Waals surface area contributed by atoms with Crippen LogP contribution in [0.25, 0.3) is 0 Å². The lowest BCUT2D eigenvalue weighted by Gasteiger charge is -2.35. The number of morpholine rings is 1. The van der Waals surface area contributed by atoms with Crippen molar-refractivity contribution >= 4 is 17.2 Å². The highest BCUT2D eigenvalue weighted by atomic mass is 32.1. The molecule has 1 amide bonds. The van der Waals surface area contributed by atoms with Gasteiger partial charge < -0.3 is 15.0 Å². The van der Waals surface area contributed by atoms with Crippen molar-refractivity contribution in [3.05, 3.63) is 22.4 Å². The Kier molecular flexibility index (Phi) is 4.15. The number of carbonyl (C=O) groups excluding carboxylic acids is 1. The summed E-state index contributed by atoms with van der Waals surface area (Å²) in [5.41, 5.74) is 0. The van der Waals surface area contributed by atoms with E-state index in [0.717, 1.165) is 32.5 Å². The molecule has 2 aliphatic rings. The summed E-state index contributed by atoms with van der Waals surface area (Å²) >= 11 is 1.70. The van der Waals surface area contributed by atoms with E-state index < -0.39 is 0 Å². The zero-order valence-electron chi connectivity index (χ0n) is 11.0. The van der Waals surface area contributed by atoms with Gasteiger partial charge >= 0.3 is 0 Å². The van der Waals surface area contributed by atoms with E-state index in [4.69, 9.17) is 4.74 Å². The Balaban J connectivity index is 1.62. The molecule has 4 nitrogen and oxygen atoms in total. The van der Waals surface area contributed by atoms with Crippen molar-refractivity contribution in [2.45, 2.75) is 18.9 Å². The lowest BCUT2D eigenvalue weighted by molar-refractivity contribution is -0.143. The van der Waals surface area contributed by atoms with E-state index in [2.05, 4.69) is 16.8 Å². The van der Waals surface area contributed by atoms with Gasteiger partial charge in [0, 0.05) is 18.0 Å². The normalized spacial score (nSPS) is 28.3. The van der Waals surface area contributed by atoms with Gasteiger partial charge in [0.05, 0.1) is 19.1 Å². The van der Waals surface area contributed by atoms with Crippen molar-refractivity contribution < 1.29 is 9.53 Å². The molecule has 3 rings (SSSR count). The van der Waals surface area contributed by atoms with Crippen LogP contribution in [-0.4, -0.2) is 43.6 Å². The zero-order valence-corrected chi connectivity index (χ0v) is 11.8. The Morgan fingerprint density at radius 1 is 1.53 bits per heavy atom. The topological polar surface area (TPSA) is 41.6 Å². The molecule has 3 heterocycles. The number of nitrogens with one attached hydrogen (secondary N) is 1. The molecular weight excluding hydrogens is 260 g/mol. The smallest absolute Gasteiger partial charge is 0.227 e. The number of nitrogens with zero attached hydrogens (tertiary/aromatic N) is 1. The van der Waals surface area contributed by atoms with Gasteiger partial charge in [-0.15, -0.1) is 11.3 Å². The molecule has 1 aromatic rings. The summed E-state index contributed by atoms with van der Waals surface area (Å²) in [7, 11) is 0. The third-order valence-corrected chi connectivity index (χ3v) is 4.85. The molecule has 2 aliphatic heterocycles. The third kappa shape index (κ3) is 2.99. The predicted molar refractivity (Wildman–Crippen MR) is 75.2 cm³/mol. The van der Waals surface area contributed by atoms with E-state index in [0.29, 0.717) is 19.1 Å². The minimum Gasteiger partial charge on any atom is -0.369 e. The average Bonchev–Trinajstić information content (AvgIpc) is 3.02. The van der Waals surface area contributed by atoms with E-state index >= 15 is 0 Å². The standard InChI is InChI=1S/C14H20N2O2S/c17-14(11-3-1-5-15-9-11)16-6-7-18-12(10-16)13-4-2-8-19-13/h2,4,8,11-12,15H,1,3,5-7,9-10H2. The highest BCUT2D eigenvalue weighted by Crippen LogP contribution is 2.27. The SMILES string of the molecule is O=C(C1CCCNC1)N1CCOC(c2cccs2)C1. The largest absolute Gasteiger partial charge is 0.369 e. The van der Waals surface area contributed by atoms with Crippen molar-refractivity contribution in [2.75, 3.05) is 32.8 Å². The van der Waals surface area contributed by atoms with Crippen molar-refractivity contribution in [2.24, 2.45) is 5.92 Å². The average molecular weight is 280 g/mol. The molecule has 2 saturated heterocycles. The van der Waals surface area contributed by atoms with Crippen molar-refractivity contribution in [3.8, 4) is 0 Å². The summed E-state index contributed by atoms with van der Waals surface area (Å²) in [6.45, 7) is 3.96. The molecule has 2 fully saturated rings. The number of hydrogen-bond acceptors (Lipinski definition) is 4. The van der Waals surface area contributed by atoms with Crippen LogP contribution < -0.4 is 5.32 Å². The predicted octanol–water partition coefficient (Wildman–Crippen LogP) is 1.65. The minimum atomic E-state index is 0.0641. The lowest BCUT2D eigenvalue weighted by atomic mass is 9.97. The Labute approximate surface area is 117 Å². The van der Waals surface area contributed by atoms with Gasteiger partial charge in [-0.05, 0) is 30.8 Å². The van der Waals surface area contributed by atoms with Gasteiger partial charge in [-0.2, -0.15) is 0 Å². The van der Waals surface area contributed by atoms with Crippen molar-refractivity contribution in [1.29, 1.82) is 0 Å². The molecule has 2 unspecified atom stereocenters. The van der Waals surface area contributed by atoms with Gasteiger partial charge in [-0.25, -0.2) is 0 Å². The minimum absolute atomic E-state index is 0.0641. The molecule has 0 spiro atoms. The third-order valence-electron chi connectivity index (χ3n) is 3.88. The number of hydrogen-bond donors (Lipinski definition) is 1. The molecule has 19 heavy (non-hydrogen) atoms. The zero-order chi connectivity index (χ0) is 13.1. The van der Waals surface area contributed by atoms with E-state index in [9.17, 15) is 4.79 Å². The van der Waals surface area contributed by atoms with Gasteiger partial charge in [0.15, 0.2) is 0 Å². The molecule has 2 atom stereocenters. The number of thiophene rings is 1. The molecule has 0 aliphatic carbocycles. The molecule has 0 aromatic carbocycles. The Hall–Kier alpha value is -0.910. The first-order chi connectivity index (χ1) is 9.34. The van der Waals surface area contributed by atoms with Gasteiger partial charge in [0.2, 0.25) is 5.91 Å². The van der Waals surface area contributed by atoms with Gasteiger partial charge in [-0.3, -0.25) is 4.79 Å². The van der Waals surface area contributed by atoms with Gasteiger partial charge in [0.1, 0.15) is 6.10 Å². The maximum Gasteiger partial charge on any atom is 0.227 e. The van der Waals surface area contributed by atoms with Crippen LogP contribution in [0.15, 0.2) is 17.5 Å². The highest BCUT2D eigenvalue weighted by Gasteiger charge is 2.30. The first-order valence-corrected chi connectivity index (χ1v) is 7.87. The molecule has 1 aromatic heterocycles. The quantitative estimate of drug-likeness (QED) is 0.895. The maximum absolute atomic E-state index is 12.5. The van der Waals surface area contributed by atoms with Crippen LogP contribution in [0.5, 0.6) is 0 Å². The van der Waals surface area contributed by atoms with E-state index in [1.807, 2.05) is 11.0 Å². The fourth-order valence-electron chi connectivity index (χ4n) is 2.82. The lowest BCUT2D eigenvalue weighted by Crippen LogP contribution is -2.48. The number of rotatable bonds is 2. The van der Waals surface area contributed by atoms with E-state index in [1.165, 1.54) is 4.88 Å². The molecule has 0 bridgehead atoms. The number of carbonyl (C=O) groups is 1. The van der Waals surface area contributed by atoms with Crippen LogP contribution in [0, 0.1) is 5.92 Å². The molecular formula is C14H20N2O2S. The fraction of sp³-hybridized carbons (Fsp3) is 0.643. The van der Waals surface area contributed by atoms with Crippen LogP contribution in [0.2, 0.25) is 0 Å². The maximum atomic E-state index is 12.5. The van der Waals surface area contributed by atoms with E-state index in [1.54, 1.807) is 11.3 Å². The Morgan fingerprint density at radius 3 is 3.21 bits per heavy atom. The Bertz CT molecular complexity index is 415. The summed E-state index contributed by atoms with van der Waals surface area (Å²) in [5, 5.41) is 5.38. The first kappa shape index (κ1) is 13.1. The van der Waals surface area contributed by atoms with Gasteiger partial charge in [-0.1, -0.05) is 6.07 Å². The fourth-order valence-corrected chi connectivity index (χ4v) is 3.58. The van der Waals surface area contributed by atoms with Crippen LogP contribution >= 0.6 is 11.3 Å². The van der Waals surface area contributed by atoms with Crippen molar-refractivity contribution in [1.82, 2.24) is 10.2 Å². The molecule has 1 N–H and O–H groups in total. The number of amides is 1. The number of piperidine rings is 1. The van der Waals surface area contributed by atoms with Crippen LogP contribution in [0.1, 0.15) is 23.8 Å². The second-order valence-corrected chi connectivity index (χ2v) is 6.18. The first-order valence-electron chi connectivity index (χ1n) is 6.99. The van der Waals surface area contributed by atoms with Crippen LogP contribution in [0.3, 0.4) is 0 Å². The van der Waals surface area contributed by atoms with Crippen molar-refractivity contribution in [3.63, 3.8) is 0 Å². The Morgan fingerprint density at radius 2 is 2.47 bits per heavy atom. The van der Waals surface area contributed by atoms with E-state index in [-0.39, 0.29) is 12.0 Å². The summed E-state index contributed by atoms with van der Waals surface area (Å²) in [6, 6.07) is 4.13. The molecule has 104 valence electrons. The molecule has 5 heteroatoms.